The summed E-state index contributed by atoms with van der Waals surface area (Å²) in [6, 6.07) is 1.99. The topological polar surface area (TPSA) is 45.2 Å². The fraction of sp³-hybridized carbons (Fsp3) is 0.538. The standard InChI is InChI=1S/C13H21N3OS/c1-10(6-8-18-4)16(3)13(17)11-5-7-15-9-12(11)14-2/h5,7,9-10,14H,6,8H2,1-4H3. The summed E-state index contributed by atoms with van der Waals surface area (Å²) in [5.41, 5.74) is 1.44. The van der Waals surface area contributed by atoms with E-state index in [4.69, 9.17) is 0 Å². The molecule has 1 unspecified atom stereocenters. The maximum Gasteiger partial charge on any atom is 0.256 e. The lowest BCUT2D eigenvalue weighted by Crippen LogP contribution is -2.35. The number of anilines is 1. The number of carbonyl (C=O) groups is 1. The summed E-state index contributed by atoms with van der Waals surface area (Å²) in [7, 11) is 3.65. The molecule has 0 aliphatic rings. The van der Waals surface area contributed by atoms with E-state index in [1.54, 1.807) is 42.2 Å². The molecular formula is C13H21N3OS. The first kappa shape index (κ1) is 14.8. The van der Waals surface area contributed by atoms with Gasteiger partial charge in [0.15, 0.2) is 0 Å². The van der Waals surface area contributed by atoms with Gasteiger partial charge in [-0.1, -0.05) is 0 Å². The van der Waals surface area contributed by atoms with Crippen LogP contribution < -0.4 is 5.32 Å². The number of nitrogens with zero attached hydrogens (tertiary/aromatic N) is 2. The molecule has 18 heavy (non-hydrogen) atoms. The normalized spacial score (nSPS) is 12.0. The van der Waals surface area contributed by atoms with Crippen LogP contribution in [0, 0.1) is 0 Å². The largest absolute Gasteiger partial charge is 0.386 e. The zero-order valence-corrected chi connectivity index (χ0v) is 12.3. The quantitative estimate of drug-likeness (QED) is 0.859. The second-order valence-corrected chi connectivity index (χ2v) is 5.20. The van der Waals surface area contributed by atoms with E-state index >= 15 is 0 Å². The lowest BCUT2D eigenvalue weighted by Gasteiger charge is -2.25. The Morgan fingerprint density at radius 1 is 1.61 bits per heavy atom. The molecule has 1 aromatic heterocycles. The van der Waals surface area contributed by atoms with Crippen molar-refractivity contribution in [2.24, 2.45) is 0 Å². The molecule has 1 aromatic rings. The lowest BCUT2D eigenvalue weighted by molar-refractivity contribution is 0.0742. The molecule has 0 aliphatic heterocycles. The summed E-state index contributed by atoms with van der Waals surface area (Å²) in [5.74, 6) is 1.10. The minimum Gasteiger partial charge on any atom is -0.386 e. The summed E-state index contributed by atoms with van der Waals surface area (Å²) in [5, 5.41) is 3.00. The highest BCUT2D eigenvalue weighted by atomic mass is 32.2. The van der Waals surface area contributed by atoms with Crippen LogP contribution in [0.2, 0.25) is 0 Å². The fourth-order valence-corrected chi connectivity index (χ4v) is 2.23. The minimum atomic E-state index is 0.0374. The Morgan fingerprint density at radius 3 is 2.94 bits per heavy atom. The Morgan fingerprint density at radius 2 is 2.33 bits per heavy atom. The van der Waals surface area contributed by atoms with Gasteiger partial charge in [0.1, 0.15) is 0 Å². The Balaban J connectivity index is 2.79. The van der Waals surface area contributed by atoms with Crippen LogP contribution >= 0.6 is 11.8 Å². The Kier molecular flexibility index (Phi) is 5.98. The lowest BCUT2D eigenvalue weighted by atomic mass is 10.1. The van der Waals surface area contributed by atoms with E-state index < -0.39 is 0 Å². The number of amides is 1. The van der Waals surface area contributed by atoms with Crippen molar-refractivity contribution in [3.8, 4) is 0 Å². The SMILES string of the molecule is CNc1cnccc1C(=O)N(C)C(C)CCSC. The number of hydrogen-bond donors (Lipinski definition) is 1. The molecule has 0 saturated heterocycles. The van der Waals surface area contributed by atoms with Gasteiger partial charge in [-0.2, -0.15) is 11.8 Å². The van der Waals surface area contributed by atoms with Gasteiger partial charge in [0.05, 0.1) is 17.4 Å². The van der Waals surface area contributed by atoms with Crippen molar-refractivity contribution in [2.75, 3.05) is 31.4 Å². The highest BCUT2D eigenvalue weighted by molar-refractivity contribution is 7.98. The number of aromatic nitrogens is 1. The van der Waals surface area contributed by atoms with Gasteiger partial charge in [0.25, 0.3) is 5.91 Å². The molecule has 0 spiro atoms. The van der Waals surface area contributed by atoms with Crippen LogP contribution in [-0.4, -0.2) is 47.9 Å². The summed E-state index contributed by atoms with van der Waals surface area (Å²) in [6.07, 6.45) is 6.40. The fourth-order valence-electron chi connectivity index (χ4n) is 1.65. The van der Waals surface area contributed by atoms with Gasteiger partial charge in [-0.15, -0.1) is 0 Å². The molecule has 5 heteroatoms. The van der Waals surface area contributed by atoms with Crippen molar-refractivity contribution in [2.45, 2.75) is 19.4 Å². The van der Waals surface area contributed by atoms with Gasteiger partial charge in [0, 0.05) is 26.3 Å². The second-order valence-electron chi connectivity index (χ2n) is 4.22. The minimum absolute atomic E-state index is 0.0374. The number of thioether (sulfide) groups is 1. The first-order chi connectivity index (χ1) is 8.61. The van der Waals surface area contributed by atoms with E-state index in [0.29, 0.717) is 5.56 Å². The third-order valence-electron chi connectivity index (χ3n) is 3.04. The number of nitrogens with one attached hydrogen (secondary N) is 1. The van der Waals surface area contributed by atoms with Gasteiger partial charge in [-0.25, -0.2) is 0 Å². The number of hydrogen-bond acceptors (Lipinski definition) is 4. The van der Waals surface area contributed by atoms with E-state index in [1.165, 1.54) is 0 Å². The van der Waals surface area contributed by atoms with Crippen molar-refractivity contribution in [1.82, 2.24) is 9.88 Å². The third-order valence-corrected chi connectivity index (χ3v) is 3.69. The first-order valence-corrected chi connectivity index (χ1v) is 7.39. The molecule has 0 fully saturated rings. The average Bonchev–Trinajstić information content (AvgIpc) is 2.42. The predicted molar refractivity (Wildman–Crippen MR) is 78.3 cm³/mol. The first-order valence-electron chi connectivity index (χ1n) is 5.99. The van der Waals surface area contributed by atoms with Crippen LogP contribution in [0.1, 0.15) is 23.7 Å². The number of rotatable bonds is 6. The van der Waals surface area contributed by atoms with E-state index in [1.807, 2.05) is 7.05 Å². The molecule has 1 rings (SSSR count). The molecule has 0 aromatic carbocycles. The third kappa shape index (κ3) is 3.63. The second kappa shape index (κ2) is 7.26. The monoisotopic (exact) mass is 267 g/mol. The molecule has 1 atom stereocenters. The van der Waals surface area contributed by atoms with Gasteiger partial charge in [-0.3, -0.25) is 9.78 Å². The maximum absolute atomic E-state index is 12.4. The van der Waals surface area contributed by atoms with Crippen molar-refractivity contribution in [1.29, 1.82) is 0 Å². The van der Waals surface area contributed by atoms with Crippen LogP contribution in [0.4, 0.5) is 5.69 Å². The molecule has 0 saturated carbocycles. The van der Waals surface area contributed by atoms with Gasteiger partial charge in [0.2, 0.25) is 0 Å². The molecule has 0 radical (unpaired) electrons. The maximum atomic E-state index is 12.4. The average molecular weight is 267 g/mol. The summed E-state index contributed by atoms with van der Waals surface area (Å²) in [6.45, 7) is 2.08. The highest BCUT2D eigenvalue weighted by Gasteiger charge is 2.19. The van der Waals surface area contributed by atoms with Gasteiger partial charge >= 0.3 is 0 Å². The molecule has 0 aliphatic carbocycles. The van der Waals surface area contributed by atoms with Crippen LogP contribution in [0.3, 0.4) is 0 Å². The number of carbonyl (C=O) groups excluding carboxylic acids is 1. The Labute approximate surface area is 113 Å². The van der Waals surface area contributed by atoms with E-state index in [0.717, 1.165) is 17.9 Å². The van der Waals surface area contributed by atoms with Crippen LogP contribution in [0.5, 0.6) is 0 Å². The summed E-state index contributed by atoms with van der Waals surface area (Å²) < 4.78 is 0. The van der Waals surface area contributed by atoms with E-state index in [9.17, 15) is 4.79 Å². The highest BCUT2D eigenvalue weighted by Crippen LogP contribution is 2.17. The van der Waals surface area contributed by atoms with Crippen molar-refractivity contribution in [3.05, 3.63) is 24.0 Å². The van der Waals surface area contributed by atoms with E-state index in [2.05, 4.69) is 23.5 Å². The number of pyridine rings is 1. The molecular weight excluding hydrogens is 246 g/mol. The van der Waals surface area contributed by atoms with Crippen molar-refractivity contribution >= 4 is 23.4 Å². The van der Waals surface area contributed by atoms with Crippen molar-refractivity contribution < 1.29 is 4.79 Å². The van der Waals surface area contributed by atoms with Crippen LogP contribution in [-0.2, 0) is 0 Å². The zero-order valence-electron chi connectivity index (χ0n) is 11.4. The molecule has 1 heterocycles. The Hall–Kier alpha value is -1.23. The summed E-state index contributed by atoms with van der Waals surface area (Å²) >= 11 is 1.80. The molecule has 100 valence electrons. The molecule has 1 amide bonds. The zero-order chi connectivity index (χ0) is 13.5. The Bertz CT molecular complexity index is 398. The predicted octanol–water partition coefficient (Wildman–Crippen LogP) is 2.34. The molecule has 1 N–H and O–H groups in total. The van der Waals surface area contributed by atoms with Crippen LogP contribution in [0.25, 0.3) is 0 Å². The van der Waals surface area contributed by atoms with Crippen molar-refractivity contribution in [3.63, 3.8) is 0 Å². The van der Waals surface area contributed by atoms with E-state index in [-0.39, 0.29) is 11.9 Å². The molecule has 4 nitrogen and oxygen atoms in total. The summed E-state index contributed by atoms with van der Waals surface area (Å²) in [4.78, 5) is 18.2. The van der Waals surface area contributed by atoms with Gasteiger partial charge < -0.3 is 10.2 Å². The smallest absolute Gasteiger partial charge is 0.256 e. The molecule has 0 bridgehead atoms. The van der Waals surface area contributed by atoms with Crippen LogP contribution in [0.15, 0.2) is 18.5 Å². The van der Waals surface area contributed by atoms with Gasteiger partial charge in [-0.05, 0) is 31.4 Å².